The smallest absolute Gasteiger partial charge is 0.159 e. The fourth-order valence-corrected chi connectivity index (χ4v) is 10.4. The molecule has 0 unspecified atom stereocenters. The lowest BCUT2D eigenvalue weighted by Crippen LogP contribution is -2.61. The van der Waals surface area contributed by atoms with E-state index in [1.807, 2.05) is 20.8 Å². The van der Waals surface area contributed by atoms with Crippen LogP contribution in [0.4, 0.5) is 0 Å². The molecule has 6 nitrogen and oxygen atoms in total. The molecular weight excluding hydrogens is 456 g/mol. The molecule has 5 aliphatic carbocycles. The molecule has 3 saturated carbocycles. The minimum Gasteiger partial charge on any atom is -0.393 e. The van der Waals surface area contributed by atoms with Gasteiger partial charge >= 0.3 is 0 Å². The second kappa shape index (κ2) is 7.88. The zero-order valence-corrected chi connectivity index (χ0v) is 23.2. The lowest BCUT2D eigenvalue weighted by Gasteiger charge is -2.62. The average molecular weight is 505 g/mol. The molecule has 0 saturated heterocycles. The van der Waals surface area contributed by atoms with Crippen molar-refractivity contribution in [3.63, 3.8) is 0 Å². The standard InChI is InChI=1S/C30H48O6/c1-26(2)20-13-18(31)24-23(28(20,5)11-10-21(26)33)19(32)14-29(6)17(12-22(34)30(24,29)7)15-8-9-16(25(15)35)27(3,4)36/h15-17,19-22,25,32-36H,8-14H2,1-7H3/t15-,16+,17-,19-,20-,21-,22+,25+,28+,29-,30+/m1/s1. The normalized spacial score (nSPS) is 52.7. The van der Waals surface area contributed by atoms with Crippen LogP contribution < -0.4 is 0 Å². The molecule has 5 aliphatic rings. The Morgan fingerprint density at radius 3 is 2.14 bits per heavy atom. The maximum atomic E-state index is 14.0. The Morgan fingerprint density at radius 2 is 1.56 bits per heavy atom. The Labute approximate surface area is 216 Å². The summed E-state index contributed by atoms with van der Waals surface area (Å²) in [6, 6.07) is 0. The van der Waals surface area contributed by atoms with Gasteiger partial charge in [-0.15, -0.1) is 0 Å². The molecule has 0 aromatic heterocycles. The summed E-state index contributed by atoms with van der Waals surface area (Å²) in [5.41, 5.74) is -1.77. The lowest BCUT2D eigenvalue weighted by molar-refractivity contribution is -0.141. The molecule has 0 radical (unpaired) electrons. The third kappa shape index (κ3) is 3.17. The summed E-state index contributed by atoms with van der Waals surface area (Å²) in [6.45, 7) is 13.9. The largest absolute Gasteiger partial charge is 0.393 e. The molecule has 0 aliphatic heterocycles. The predicted molar refractivity (Wildman–Crippen MR) is 137 cm³/mol. The van der Waals surface area contributed by atoms with Crippen LogP contribution in [0.3, 0.4) is 0 Å². The highest BCUT2D eigenvalue weighted by atomic mass is 16.3. The van der Waals surface area contributed by atoms with Gasteiger partial charge < -0.3 is 25.5 Å². The molecule has 36 heavy (non-hydrogen) atoms. The zero-order valence-electron chi connectivity index (χ0n) is 23.2. The summed E-state index contributed by atoms with van der Waals surface area (Å²) in [5, 5.41) is 56.4. The van der Waals surface area contributed by atoms with Crippen molar-refractivity contribution < 1.29 is 30.3 Å². The number of carbonyl (C=O) groups excluding carboxylic acids is 1. The summed E-state index contributed by atoms with van der Waals surface area (Å²) in [4.78, 5) is 14.0. The van der Waals surface area contributed by atoms with Crippen LogP contribution in [-0.4, -0.2) is 61.3 Å². The highest BCUT2D eigenvalue weighted by Gasteiger charge is 2.71. The molecule has 5 rings (SSSR count). The number of hydrogen-bond donors (Lipinski definition) is 5. The highest BCUT2D eigenvalue weighted by molar-refractivity contribution is 6.00. The summed E-state index contributed by atoms with van der Waals surface area (Å²) in [5.74, 6) is -0.455. The second-order valence-electron chi connectivity index (χ2n) is 15.0. The van der Waals surface area contributed by atoms with Gasteiger partial charge in [0.2, 0.25) is 0 Å². The van der Waals surface area contributed by atoms with E-state index in [0.717, 1.165) is 18.4 Å². The van der Waals surface area contributed by atoms with Crippen molar-refractivity contribution in [3.05, 3.63) is 11.1 Å². The van der Waals surface area contributed by atoms with Crippen LogP contribution in [0.25, 0.3) is 0 Å². The molecule has 6 heteroatoms. The van der Waals surface area contributed by atoms with Crippen molar-refractivity contribution in [1.82, 2.24) is 0 Å². The molecule has 0 amide bonds. The van der Waals surface area contributed by atoms with E-state index in [4.69, 9.17) is 0 Å². The first kappa shape index (κ1) is 26.8. The van der Waals surface area contributed by atoms with E-state index in [2.05, 4.69) is 13.8 Å². The molecule has 0 heterocycles. The molecule has 0 aromatic carbocycles. The van der Waals surface area contributed by atoms with Gasteiger partial charge in [0.05, 0.1) is 30.0 Å². The molecule has 0 aromatic rings. The Kier molecular flexibility index (Phi) is 5.86. The van der Waals surface area contributed by atoms with E-state index < -0.39 is 51.7 Å². The van der Waals surface area contributed by atoms with Crippen molar-refractivity contribution in [3.8, 4) is 0 Å². The van der Waals surface area contributed by atoms with Crippen LogP contribution in [0.5, 0.6) is 0 Å². The maximum absolute atomic E-state index is 14.0. The van der Waals surface area contributed by atoms with Crippen LogP contribution in [0.1, 0.15) is 93.4 Å². The van der Waals surface area contributed by atoms with Gasteiger partial charge in [0.15, 0.2) is 5.78 Å². The van der Waals surface area contributed by atoms with Crippen LogP contribution in [-0.2, 0) is 4.79 Å². The van der Waals surface area contributed by atoms with Crippen molar-refractivity contribution in [1.29, 1.82) is 0 Å². The molecule has 5 N–H and O–H groups in total. The highest BCUT2D eigenvalue weighted by Crippen LogP contribution is 2.72. The average Bonchev–Trinajstić information content (AvgIpc) is 3.23. The van der Waals surface area contributed by atoms with E-state index in [1.54, 1.807) is 13.8 Å². The molecule has 0 spiro atoms. The first-order valence-corrected chi connectivity index (χ1v) is 14.1. The first-order chi connectivity index (χ1) is 16.4. The Bertz CT molecular complexity index is 978. The van der Waals surface area contributed by atoms with Gasteiger partial charge in [0, 0.05) is 23.3 Å². The topological polar surface area (TPSA) is 118 Å². The zero-order chi connectivity index (χ0) is 26.8. The first-order valence-electron chi connectivity index (χ1n) is 14.1. The number of Topliss-reactive ketones (excluding diaryl/α,β-unsaturated/α-hetero) is 1. The number of ketones is 1. The summed E-state index contributed by atoms with van der Waals surface area (Å²) < 4.78 is 0. The molecule has 204 valence electrons. The lowest BCUT2D eigenvalue weighted by atomic mass is 9.42. The fraction of sp³-hybridized carbons (Fsp3) is 0.900. The van der Waals surface area contributed by atoms with E-state index in [1.165, 1.54) is 0 Å². The summed E-state index contributed by atoms with van der Waals surface area (Å²) >= 11 is 0. The molecular formula is C30H48O6. The Hall–Kier alpha value is -0.790. The fourth-order valence-electron chi connectivity index (χ4n) is 10.4. The van der Waals surface area contributed by atoms with Crippen molar-refractivity contribution in [2.45, 2.75) is 123 Å². The van der Waals surface area contributed by atoms with E-state index in [9.17, 15) is 30.3 Å². The third-order valence-electron chi connectivity index (χ3n) is 12.7. The van der Waals surface area contributed by atoms with Gasteiger partial charge in [-0.2, -0.15) is 0 Å². The second-order valence-corrected chi connectivity index (χ2v) is 15.0. The van der Waals surface area contributed by atoms with Gasteiger partial charge in [-0.3, -0.25) is 4.79 Å². The Morgan fingerprint density at radius 1 is 0.917 bits per heavy atom. The summed E-state index contributed by atoms with van der Waals surface area (Å²) in [6.07, 6.45) is 1.37. The van der Waals surface area contributed by atoms with Crippen LogP contribution in [0, 0.1) is 45.3 Å². The van der Waals surface area contributed by atoms with Gasteiger partial charge in [-0.25, -0.2) is 0 Å². The Balaban J connectivity index is 1.61. The van der Waals surface area contributed by atoms with E-state index >= 15 is 0 Å². The van der Waals surface area contributed by atoms with E-state index in [-0.39, 0.29) is 29.5 Å². The number of rotatable bonds is 2. The number of fused-ring (bicyclic) bond motifs is 4. The SMILES string of the molecule is CC(C)(O)[C@H]1CC[C@H]([C@H]2C[C@H](O)[C@@]3(C)C4=C([C@H](O)C[C@]23C)[C@@]2(C)CC[C@@H](O)C(C)(C)[C@H]2CC4=O)[C@@H]1O. The molecule has 11 atom stereocenters. The number of aliphatic hydroxyl groups excluding tert-OH is 4. The number of hydrogen-bond acceptors (Lipinski definition) is 6. The van der Waals surface area contributed by atoms with Crippen molar-refractivity contribution in [2.24, 2.45) is 45.3 Å². The van der Waals surface area contributed by atoms with Crippen LogP contribution in [0.15, 0.2) is 11.1 Å². The quantitative estimate of drug-likeness (QED) is 0.394. The minimum absolute atomic E-state index is 0.00293. The van der Waals surface area contributed by atoms with Crippen LogP contribution in [0.2, 0.25) is 0 Å². The van der Waals surface area contributed by atoms with Crippen LogP contribution >= 0.6 is 0 Å². The van der Waals surface area contributed by atoms with E-state index in [0.29, 0.717) is 37.7 Å². The van der Waals surface area contributed by atoms with Crippen molar-refractivity contribution in [2.75, 3.05) is 0 Å². The number of aliphatic hydroxyl groups is 5. The minimum atomic E-state index is -0.987. The van der Waals surface area contributed by atoms with Gasteiger partial charge in [-0.1, -0.05) is 34.6 Å². The van der Waals surface area contributed by atoms with Gasteiger partial charge in [-0.05, 0) is 91.9 Å². The summed E-state index contributed by atoms with van der Waals surface area (Å²) in [7, 11) is 0. The van der Waals surface area contributed by atoms with Gasteiger partial charge in [0.25, 0.3) is 0 Å². The molecule has 0 bridgehead atoms. The predicted octanol–water partition coefficient (Wildman–Crippen LogP) is 3.38. The molecule has 3 fully saturated rings. The van der Waals surface area contributed by atoms with Gasteiger partial charge in [0.1, 0.15) is 0 Å². The monoisotopic (exact) mass is 504 g/mol. The van der Waals surface area contributed by atoms with Crippen molar-refractivity contribution >= 4 is 5.78 Å². The maximum Gasteiger partial charge on any atom is 0.159 e. The number of carbonyl (C=O) groups is 1. The third-order valence-corrected chi connectivity index (χ3v) is 12.7.